The molecule has 0 aliphatic carbocycles. The number of nitrogens with one attached hydrogen (secondary N) is 2. The minimum absolute atomic E-state index is 0.0807. The van der Waals surface area contributed by atoms with Gasteiger partial charge in [0.15, 0.2) is 0 Å². The Morgan fingerprint density at radius 1 is 1.03 bits per heavy atom. The molecule has 1 fully saturated rings. The predicted octanol–water partition coefficient (Wildman–Crippen LogP) is 3.68. The fourth-order valence-corrected chi connectivity index (χ4v) is 3.46. The van der Waals surface area contributed by atoms with Gasteiger partial charge in [-0.05, 0) is 43.4 Å². The molecular formula is C26H35N7O. The molecule has 1 aliphatic heterocycles. The number of aromatic nitrogens is 3. The van der Waals surface area contributed by atoms with Gasteiger partial charge < -0.3 is 15.5 Å². The Hall–Kier alpha value is -3.36. The number of piperazine rings is 1. The van der Waals surface area contributed by atoms with Crippen molar-refractivity contribution >= 4 is 17.5 Å². The number of benzene rings is 1. The van der Waals surface area contributed by atoms with Crippen LogP contribution in [0.25, 0.3) is 11.3 Å². The number of nitrogens with zero attached hydrogens (tertiary/aromatic N) is 5. The van der Waals surface area contributed by atoms with Crippen LogP contribution < -0.4 is 10.6 Å². The summed E-state index contributed by atoms with van der Waals surface area (Å²) in [6.45, 7) is 9.99. The summed E-state index contributed by atoms with van der Waals surface area (Å²) in [4.78, 5) is 30.3. The molecule has 0 unspecified atom stereocenters. The lowest BCUT2D eigenvalue weighted by Gasteiger charge is -2.32. The molecule has 1 aromatic carbocycles. The van der Waals surface area contributed by atoms with E-state index in [1.54, 1.807) is 18.6 Å². The van der Waals surface area contributed by atoms with Crippen molar-refractivity contribution in [2.45, 2.75) is 20.3 Å². The number of hydrogen-bond acceptors (Lipinski definition) is 7. The second kappa shape index (κ2) is 13.4. The van der Waals surface area contributed by atoms with E-state index < -0.39 is 0 Å². The lowest BCUT2D eigenvalue weighted by Crippen LogP contribution is -2.46. The molecule has 0 radical (unpaired) electrons. The van der Waals surface area contributed by atoms with Crippen LogP contribution in [0.5, 0.6) is 0 Å². The lowest BCUT2D eigenvalue weighted by molar-refractivity contribution is 0.0941. The Bertz CT molecular complexity index is 1020. The third-order valence-electron chi connectivity index (χ3n) is 5.30. The number of anilines is 2. The molecule has 0 atom stereocenters. The smallest absolute Gasteiger partial charge is 0.251 e. The van der Waals surface area contributed by atoms with Gasteiger partial charge in [-0.25, -0.2) is 9.97 Å². The highest BCUT2D eigenvalue weighted by Gasteiger charge is 2.14. The molecule has 0 saturated carbocycles. The van der Waals surface area contributed by atoms with Gasteiger partial charge in [0.05, 0.1) is 5.69 Å². The van der Waals surface area contributed by atoms with Gasteiger partial charge in [0.25, 0.3) is 5.91 Å². The van der Waals surface area contributed by atoms with Crippen LogP contribution in [0.3, 0.4) is 0 Å². The van der Waals surface area contributed by atoms with Gasteiger partial charge >= 0.3 is 0 Å². The van der Waals surface area contributed by atoms with Gasteiger partial charge in [-0.1, -0.05) is 26.3 Å². The van der Waals surface area contributed by atoms with Crippen molar-refractivity contribution in [2.75, 3.05) is 51.6 Å². The molecule has 2 aromatic heterocycles. The fraction of sp³-hybridized carbons (Fsp3) is 0.385. The average molecular weight is 462 g/mol. The number of carbonyl (C=O) groups excluding carboxylic acids is 1. The largest absolute Gasteiger partial charge is 0.351 e. The van der Waals surface area contributed by atoms with Crippen LogP contribution in [0, 0.1) is 0 Å². The molecule has 1 saturated heterocycles. The summed E-state index contributed by atoms with van der Waals surface area (Å²) >= 11 is 0. The van der Waals surface area contributed by atoms with Crippen molar-refractivity contribution in [2.24, 2.45) is 0 Å². The Balaban J connectivity index is 0.00000103. The van der Waals surface area contributed by atoms with E-state index >= 15 is 0 Å². The minimum atomic E-state index is -0.0807. The normalized spacial score (nSPS) is 14.1. The van der Waals surface area contributed by atoms with Crippen molar-refractivity contribution in [3.8, 4) is 11.3 Å². The number of carbonyl (C=O) groups is 1. The van der Waals surface area contributed by atoms with E-state index in [4.69, 9.17) is 0 Å². The molecule has 3 heterocycles. The molecule has 0 bridgehead atoms. The zero-order valence-electron chi connectivity index (χ0n) is 20.4. The maximum atomic E-state index is 12.6. The van der Waals surface area contributed by atoms with E-state index in [0.717, 1.165) is 49.7 Å². The molecular weight excluding hydrogens is 426 g/mol. The van der Waals surface area contributed by atoms with Gasteiger partial charge in [-0.3, -0.25) is 14.7 Å². The summed E-state index contributed by atoms with van der Waals surface area (Å²) in [6, 6.07) is 13.0. The van der Waals surface area contributed by atoms with Gasteiger partial charge in [0, 0.05) is 74.7 Å². The summed E-state index contributed by atoms with van der Waals surface area (Å²) < 4.78 is 0. The van der Waals surface area contributed by atoms with Gasteiger partial charge in [0.1, 0.15) is 0 Å². The molecule has 4 rings (SSSR count). The predicted molar refractivity (Wildman–Crippen MR) is 137 cm³/mol. The number of amides is 1. The zero-order chi connectivity index (χ0) is 24.2. The van der Waals surface area contributed by atoms with Crippen LogP contribution in [0.2, 0.25) is 0 Å². The molecule has 3 aromatic rings. The van der Waals surface area contributed by atoms with Crippen LogP contribution in [-0.4, -0.2) is 77.0 Å². The zero-order valence-corrected chi connectivity index (χ0v) is 20.4. The first-order valence-electron chi connectivity index (χ1n) is 11.9. The molecule has 1 amide bonds. The van der Waals surface area contributed by atoms with Gasteiger partial charge in [-0.2, -0.15) is 0 Å². The molecule has 8 heteroatoms. The molecule has 1 aliphatic rings. The molecule has 180 valence electrons. The topological polar surface area (TPSA) is 86.3 Å². The number of hydrogen-bond donors (Lipinski definition) is 2. The second-order valence-electron chi connectivity index (χ2n) is 8.32. The van der Waals surface area contributed by atoms with Crippen LogP contribution in [-0.2, 0) is 0 Å². The second-order valence-corrected chi connectivity index (χ2v) is 8.32. The number of rotatable bonds is 7. The van der Waals surface area contributed by atoms with Crippen LogP contribution in [0.4, 0.5) is 11.6 Å². The maximum Gasteiger partial charge on any atom is 0.251 e. The Kier molecular flexibility index (Phi) is 9.94. The van der Waals surface area contributed by atoms with Gasteiger partial charge in [-0.15, -0.1) is 0 Å². The van der Waals surface area contributed by atoms with E-state index in [1.165, 1.54) is 6.42 Å². The Labute approximate surface area is 202 Å². The first-order chi connectivity index (χ1) is 16.6. The molecule has 8 nitrogen and oxygen atoms in total. The summed E-state index contributed by atoms with van der Waals surface area (Å²) in [5.41, 5.74) is 3.06. The van der Waals surface area contributed by atoms with Crippen molar-refractivity contribution in [3.63, 3.8) is 0 Å². The van der Waals surface area contributed by atoms with E-state index in [0.29, 0.717) is 18.1 Å². The molecule has 2 N–H and O–H groups in total. The first-order valence-corrected chi connectivity index (χ1v) is 11.9. The van der Waals surface area contributed by atoms with E-state index in [9.17, 15) is 4.79 Å². The summed E-state index contributed by atoms with van der Waals surface area (Å²) in [7, 11) is 2.14. The Morgan fingerprint density at radius 3 is 2.56 bits per heavy atom. The third-order valence-corrected chi connectivity index (χ3v) is 5.30. The van der Waals surface area contributed by atoms with Crippen LogP contribution >= 0.6 is 0 Å². The standard InChI is InChI=1S/C23H27N7O.C3H8/c1-29-12-14-30(15-13-29)11-10-25-22(31)18-4-2-6-20(16-18)27-23-26-9-7-21(28-23)19-5-3-8-24-17-19;1-3-2/h2-9,16-17H,10-15H2,1H3,(H,25,31)(H,26,27,28);3H2,1-2H3. The maximum absolute atomic E-state index is 12.6. The van der Waals surface area contributed by atoms with Crippen molar-refractivity contribution in [1.82, 2.24) is 30.1 Å². The van der Waals surface area contributed by atoms with Crippen molar-refractivity contribution in [1.29, 1.82) is 0 Å². The van der Waals surface area contributed by atoms with Gasteiger partial charge in [0.2, 0.25) is 5.95 Å². The summed E-state index contributed by atoms with van der Waals surface area (Å²) in [6.07, 6.45) is 6.44. The third kappa shape index (κ3) is 7.90. The Morgan fingerprint density at radius 2 is 1.82 bits per heavy atom. The highest BCUT2D eigenvalue weighted by atomic mass is 16.1. The quantitative estimate of drug-likeness (QED) is 0.555. The number of pyridine rings is 1. The van der Waals surface area contributed by atoms with Crippen LogP contribution in [0.15, 0.2) is 61.1 Å². The van der Waals surface area contributed by atoms with Crippen molar-refractivity contribution in [3.05, 3.63) is 66.6 Å². The van der Waals surface area contributed by atoms with Crippen molar-refractivity contribution < 1.29 is 4.79 Å². The van der Waals surface area contributed by atoms with E-state index in [2.05, 4.69) is 56.3 Å². The number of likely N-dealkylation sites (N-methyl/N-ethyl adjacent to an activating group) is 1. The molecule has 0 spiro atoms. The first kappa shape index (κ1) is 25.3. The minimum Gasteiger partial charge on any atom is -0.351 e. The fourth-order valence-electron chi connectivity index (χ4n) is 3.46. The average Bonchev–Trinajstić information content (AvgIpc) is 2.86. The summed E-state index contributed by atoms with van der Waals surface area (Å²) in [5.74, 6) is 0.386. The highest BCUT2D eigenvalue weighted by Crippen LogP contribution is 2.19. The van der Waals surface area contributed by atoms with E-state index in [-0.39, 0.29) is 5.91 Å². The van der Waals surface area contributed by atoms with Crippen LogP contribution in [0.1, 0.15) is 30.6 Å². The van der Waals surface area contributed by atoms with E-state index in [1.807, 2.05) is 42.5 Å². The lowest BCUT2D eigenvalue weighted by atomic mass is 10.2. The SMILES string of the molecule is CCC.CN1CCN(CCNC(=O)c2cccc(Nc3nccc(-c4cccnc4)n3)c2)CC1. The monoisotopic (exact) mass is 461 g/mol. The molecule has 34 heavy (non-hydrogen) atoms. The highest BCUT2D eigenvalue weighted by molar-refractivity contribution is 5.95. The summed E-state index contributed by atoms with van der Waals surface area (Å²) in [5, 5.41) is 6.20.